The van der Waals surface area contributed by atoms with Crippen molar-refractivity contribution in [1.29, 1.82) is 0 Å². The van der Waals surface area contributed by atoms with Gasteiger partial charge in [0.25, 0.3) is 11.8 Å². The Morgan fingerprint density at radius 2 is 1.57 bits per heavy atom. The number of amides is 2. The Kier molecular flexibility index (Phi) is 5.13. The van der Waals surface area contributed by atoms with Crippen LogP contribution in [-0.4, -0.2) is 23.5 Å². The maximum absolute atomic E-state index is 15.0. The molecule has 1 unspecified atom stereocenters. The van der Waals surface area contributed by atoms with Gasteiger partial charge in [0, 0.05) is 12.1 Å². The summed E-state index contributed by atoms with van der Waals surface area (Å²) in [6, 6.07) is 27.5. The molecule has 0 radical (unpaired) electrons. The second-order valence-corrected chi connectivity index (χ2v) is 10.8. The predicted octanol–water partition coefficient (Wildman–Crippen LogP) is 5.28. The molecule has 4 heterocycles. The summed E-state index contributed by atoms with van der Waals surface area (Å²) < 4.78 is 17.2. The molecule has 0 aliphatic carbocycles. The molecule has 8 nitrogen and oxygen atoms in total. The number of ether oxygens (including phenoxy) is 2. The van der Waals surface area contributed by atoms with Crippen molar-refractivity contribution in [3.63, 3.8) is 0 Å². The average Bonchev–Trinajstić information content (AvgIpc) is 3.63. The third-order valence-electron chi connectivity index (χ3n) is 8.34. The average molecular weight is 557 g/mol. The van der Waals surface area contributed by atoms with Crippen molar-refractivity contribution in [3.8, 4) is 11.5 Å². The lowest BCUT2D eigenvalue weighted by molar-refractivity contribution is -0.126. The molecular formula is C34H24N2O6. The third-order valence-corrected chi connectivity index (χ3v) is 8.34. The van der Waals surface area contributed by atoms with E-state index in [1.54, 1.807) is 41.3 Å². The molecule has 0 N–H and O–H groups in total. The van der Waals surface area contributed by atoms with Crippen molar-refractivity contribution in [2.45, 2.75) is 25.6 Å². The Balaban J connectivity index is 1.37. The number of carbonyl (C=O) groups is 2. The molecule has 0 fully saturated rings. The Hall–Kier alpha value is -5.37. The van der Waals surface area contributed by atoms with E-state index in [0.29, 0.717) is 33.7 Å². The van der Waals surface area contributed by atoms with E-state index >= 15 is 0 Å². The highest BCUT2D eigenvalue weighted by Gasteiger charge is 2.65. The highest BCUT2D eigenvalue weighted by atomic mass is 16.7. The number of carbonyl (C=O) groups excluding carboxylic acids is 2. The molecular weight excluding hydrogens is 532 g/mol. The maximum Gasteiger partial charge on any atom is 0.291 e. The molecule has 206 valence electrons. The van der Waals surface area contributed by atoms with Crippen LogP contribution in [0.25, 0.3) is 11.0 Å². The number of benzene rings is 4. The summed E-state index contributed by atoms with van der Waals surface area (Å²) in [6.07, 6.45) is 0. The lowest BCUT2D eigenvalue weighted by Gasteiger charge is -2.34. The smallest absolute Gasteiger partial charge is 0.291 e. The van der Waals surface area contributed by atoms with Gasteiger partial charge in [-0.2, -0.15) is 0 Å². The zero-order valence-corrected chi connectivity index (χ0v) is 22.6. The van der Waals surface area contributed by atoms with Crippen molar-refractivity contribution in [3.05, 3.63) is 135 Å². The van der Waals surface area contributed by atoms with Gasteiger partial charge in [0.1, 0.15) is 5.58 Å². The summed E-state index contributed by atoms with van der Waals surface area (Å²) in [7, 11) is 0. The molecule has 3 aliphatic rings. The number of para-hydroxylation sites is 2. The maximum atomic E-state index is 15.0. The molecule has 0 saturated carbocycles. The van der Waals surface area contributed by atoms with Gasteiger partial charge in [-0.1, -0.05) is 66.2 Å². The Labute approximate surface area is 240 Å². The molecule has 4 aromatic carbocycles. The first-order chi connectivity index (χ1) is 20.5. The number of fused-ring (bicyclic) bond motifs is 6. The van der Waals surface area contributed by atoms with E-state index in [1.807, 2.05) is 61.5 Å². The zero-order valence-electron chi connectivity index (χ0n) is 22.6. The molecule has 0 saturated heterocycles. The summed E-state index contributed by atoms with van der Waals surface area (Å²) in [6.45, 7) is 2.43. The predicted molar refractivity (Wildman–Crippen MR) is 155 cm³/mol. The number of rotatable bonds is 4. The van der Waals surface area contributed by atoms with Crippen molar-refractivity contribution in [2.75, 3.05) is 11.7 Å². The van der Waals surface area contributed by atoms with Crippen LogP contribution in [0, 0.1) is 6.92 Å². The van der Waals surface area contributed by atoms with Crippen molar-refractivity contribution in [1.82, 2.24) is 4.90 Å². The molecule has 8 heteroatoms. The van der Waals surface area contributed by atoms with Gasteiger partial charge in [-0.3, -0.25) is 14.4 Å². The first kappa shape index (κ1) is 24.4. The van der Waals surface area contributed by atoms with Gasteiger partial charge >= 0.3 is 0 Å². The monoisotopic (exact) mass is 556 g/mol. The Morgan fingerprint density at radius 1 is 0.786 bits per heavy atom. The summed E-state index contributed by atoms with van der Waals surface area (Å²) in [5.74, 6) is 0.163. The van der Waals surface area contributed by atoms with Crippen LogP contribution < -0.4 is 19.8 Å². The number of nitrogens with zero attached hydrogens (tertiary/aromatic N) is 2. The standard InChI is InChI=1S/C34H24N2O6/c1-20-7-6-8-21(15-20)17-35-25-11-4-3-10-24(25)34(33(35)39)29-30(37)23-9-2-5-12-26(23)42-31(29)32(38)36(34)18-22-13-14-27-28(16-22)41-19-40-27/h2-16H,17-19H2,1H3. The van der Waals surface area contributed by atoms with Crippen molar-refractivity contribution < 1.29 is 23.5 Å². The largest absolute Gasteiger partial charge is 0.454 e. The van der Waals surface area contributed by atoms with Crippen LogP contribution in [0.4, 0.5) is 5.69 Å². The van der Waals surface area contributed by atoms with Crippen LogP contribution >= 0.6 is 0 Å². The van der Waals surface area contributed by atoms with Gasteiger partial charge in [0.2, 0.25) is 12.6 Å². The van der Waals surface area contributed by atoms with E-state index in [-0.39, 0.29) is 37.1 Å². The van der Waals surface area contributed by atoms with Gasteiger partial charge in [-0.15, -0.1) is 0 Å². The summed E-state index contributed by atoms with van der Waals surface area (Å²) in [5.41, 5.74) is 2.18. The van der Waals surface area contributed by atoms with E-state index in [0.717, 1.165) is 16.7 Å². The SMILES string of the molecule is Cc1cccc(CN2C(=O)C3(c4ccccc42)c2c(oc4ccccc4c2=O)C(=O)N3Cc2ccc3c(c2)OCO3)c1. The fourth-order valence-electron chi connectivity index (χ4n) is 6.53. The molecule has 8 rings (SSSR count). The fraction of sp³-hybridized carbons (Fsp3) is 0.147. The molecule has 1 atom stereocenters. The van der Waals surface area contributed by atoms with Gasteiger partial charge in [-0.25, -0.2) is 0 Å². The van der Waals surface area contributed by atoms with Gasteiger partial charge in [0.15, 0.2) is 22.5 Å². The Bertz CT molecular complexity index is 2030. The molecule has 2 amide bonds. The van der Waals surface area contributed by atoms with Crippen LogP contribution in [0.15, 0.2) is 100 Å². The van der Waals surface area contributed by atoms with Crippen LogP contribution in [0.3, 0.4) is 0 Å². The first-order valence-electron chi connectivity index (χ1n) is 13.7. The lowest BCUT2D eigenvalue weighted by Crippen LogP contribution is -2.52. The van der Waals surface area contributed by atoms with Gasteiger partial charge < -0.3 is 23.7 Å². The van der Waals surface area contributed by atoms with E-state index < -0.39 is 16.9 Å². The first-order valence-corrected chi connectivity index (χ1v) is 13.7. The van der Waals surface area contributed by atoms with E-state index in [2.05, 4.69) is 0 Å². The van der Waals surface area contributed by atoms with Gasteiger partial charge in [0.05, 0.1) is 23.2 Å². The fourth-order valence-corrected chi connectivity index (χ4v) is 6.53. The second-order valence-electron chi connectivity index (χ2n) is 10.8. The van der Waals surface area contributed by atoms with Crippen LogP contribution in [0.5, 0.6) is 11.5 Å². The van der Waals surface area contributed by atoms with Gasteiger partial charge in [-0.05, 0) is 48.4 Å². The highest BCUT2D eigenvalue weighted by molar-refractivity contribution is 6.17. The lowest BCUT2D eigenvalue weighted by atomic mass is 9.83. The molecule has 42 heavy (non-hydrogen) atoms. The molecule has 1 spiro atoms. The minimum Gasteiger partial charge on any atom is -0.454 e. The topological polar surface area (TPSA) is 89.3 Å². The number of hydrogen-bond donors (Lipinski definition) is 0. The van der Waals surface area contributed by atoms with Crippen LogP contribution in [0.2, 0.25) is 0 Å². The quantitative estimate of drug-likeness (QED) is 0.300. The number of anilines is 1. The van der Waals surface area contributed by atoms with Crippen molar-refractivity contribution >= 4 is 28.5 Å². The second kappa shape index (κ2) is 8.81. The minimum atomic E-state index is -1.71. The van der Waals surface area contributed by atoms with Crippen molar-refractivity contribution in [2.24, 2.45) is 0 Å². The molecule has 5 aromatic rings. The number of aryl methyl sites for hydroxylation is 1. The Morgan fingerprint density at radius 3 is 2.45 bits per heavy atom. The molecule has 3 aliphatic heterocycles. The highest BCUT2D eigenvalue weighted by Crippen LogP contribution is 2.53. The van der Waals surface area contributed by atoms with Crippen LogP contribution in [0.1, 0.15) is 38.4 Å². The molecule has 0 bridgehead atoms. The normalized spacial score (nSPS) is 18.3. The third kappa shape index (κ3) is 3.26. The summed E-state index contributed by atoms with van der Waals surface area (Å²) in [4.78, 5) is 46.7. The minimum absolute atomic E-state index is 0.0355. The van der Waals surface area contributed by atoms with Crippen LogP contribution in [-0.2, 0) is 23.4 Å². The number of hydrogen-bond acceptors (Lipinski definition) is 6. The molecule has 1 aromatic heterocycles. The van der Waals surface area contributed by atoms with E-state index in [9.17, 15) is 14.4 Å². The summed E-state index contributed by atoms with van der Waals surface area (Å²) >= 11 is 0. The van der Waals surface area contributed by atoms with E-state index in [1.165, 1.54) is 4.90 Å². The summed E-state index contributed by atoms with van der Waals surface area (Å²) in [5, 5.41) is 0.316. The van der Waals surface area contributed by atoms with E-state index in [4.69, 9.17) is 13.9 Å². The zero-order chi connectivity index (χ0) is 28.6.